The third-order valence-electron chi connectivity index (χ3n) is 4.55. The van der Waals surface area contributed by atoms with Gasteiger partial charge in [0.2, 0.25) is 16.0 Å². The molecule has 30 heavy (non-hydrogen) atoms. The summed E-state index contributed by atoms with van der Waals surface area (Å²) in [6.45, 7) is 8.21. The number of aromatic nitrogens is 2. The lowest BCUT2D eigenvalue weighted by atomic mass is 10.1. The Morgan fingerprint density at radius 1 is 1.27 bits per heavy atom. The highest BCUT2D eigenvalue weighted by Crippen LogP contribution is 2.25. The van der Waals surface area contributed by atoms with Crippen LogP contribution in [0, 0.1) is 12.8 Å². The summed E-state index contributed by atoms with van der Waals surface area (Å²) in [4.78, 5) is 8.89. The molecule has 0 saturated heterocycles. The molecular weight excluding hydrogens is 470 g/mol. The van der Waals surface area contributed by atoms with Crippen LogP contribution in [0.15, 0.2) is 33.8 Å². The zero-order chi connectivity index (χ0) is 22.3. The fourth-order valence-electron chi connectivity index (χ4n) is 2.65. The predicted molar refractivity (Wildman–Crippen MR) is 124 cm³/mol. The highest BCUT2D eigenvalue weighted by atomic mass is 79.9. The van der Waals surface area contributed by atoms with E-state index in [1.165, 1.54) is 0 Å². The largest absolute Gasteiger partial charge is 0.394 e. The topological polar surface area (TPSA) is 116 Å². The predicted octanol–water partition coefficient (Wildman–Crippen LogP) is 3.80. The molecular formula is C20H30BrN5O3S. The van der Waals surface area contributed by atoms with E-state index in [1.807, 2.05) is 6.92 Å². The quantitative estimate of drug-likeness (QED) is 0.371. The van der Waals surface area contributed by atoms with Crippen molar-refractivity contribution < 1.29 is 13.5 Å². The van der Waals surface area contributed by atoms with Crippen LogP contribution in [-0.2, 0) is 10.0 Å². The van der Waals surface area contributed by atoms with Gasteiger partial charge in [0.15, 0.2) is 0 Å². The van der Waals surface area contributed by atoms with E-state index < -0.39 is 10.0 Å². The monoisotopic (exact) mass is 499 g/mol. The van der Waals surface area contributed by atoms with E-state index >= 15 is 0 Å². The first-order valence-corrected chi connectivity index (χ1v) is 12.2. The van der Waals surface area contributed by atoms with Gasteiger partial charge in [-0.3, -0.25) is 0 Å². The van der Waals surface area contributed by atoms with Gasteiger partial charge in [-0.1, -0.05) is 26.8 Å². The van der Waals surface area contributed by atoms with Crippen LogP contribution in [-0.4, -0.2) is 42.7 Å². The van der Waals surface area contributed by atoms with Crippen LogP contribution in [0.4, 0.5) is 17.5 Å². The highest BCUT2D eigenvalue weighted by Gasteiger charge is 2.18. The molecule has 8 nitrogen and oxygen atoms in total. The first-order valence-electron chi connectivity index (χ1n) is 9.93. The van der Waals surface area contributed by atoms with Crippen LogP contribution in [0.25, 0.3) is 0 Å². The number of sulfonamides is 1. The van der Waals surface area contributed by atoms with Crippen LogP contribution in [0.3, 0.4) is 0 Å². The van der Waals surface area contributed by atoms with Gasteiger partial charge in [0.25, 0.3) is 0 Å². The molecule has 0 unspecified atom stereocenters. The Balaban J connectivity index is 2.23. The lowest BCUT2D eigenvalue weighted by Gasteiger charge is -2.17. The molecule has 166 valence electrons. The number of nitrogens with zero attached hydrogens (tertiary/aromatic N) is 2. The van der Waals surface area contributed by atoms with E-state index in [4.69, 9.17) is 0 Å². The molecule has 1 aromatic carbocycles. The zero-order valence-corrected chi connectivity index (χ0v) is 20.1. The van der Waals surface area contributed by atoms with Gasteiger partial charge in [-0.15, -0.1) is 0 Å². The number of aliphatic hydroxyl groups excluding tert-OH is 1. The average molecular weight is 500 g/mol. The maximum Gasteiger partial charge on any atom is 0.240 e. The van der Waals surface area contributed by atoms with Gasteiger partial charge in [0, 0.05) is 18.4 Å². The molecule has 0 saturated carbocycles. The van der Waals surface area contributed by atoms with Crippen molar-refractivity contribution in [3.8, 4) is 0 Å². The summed E-state index contributed by atoms with van der Waals surface area (Å²) >= 11 is 3.40. The van der Waals surface area contributed by atoms with Crippen molar-refractivity contribution in [2.24, 2.45) is 5.92 Å². The maximum atomic E-state index is 12.7. The van der Waals surface area contributed by atoms with Crippen LogP contribution >= 0.6 is 15.9 Å². The molecule has 2 aromatic rings. The minimum absolute atomic E-state index is 0.0152. The minimum Gasteiger partial charge on any atom is -0.394 e. The van der Waals surface area contributed by atoms with Crippen molar-refractivity contribution >= 4 is 43.4 Å². The van der Waals surface area contributed by atoms with E-state index in [2.05, 4.69) is 55.1 Å². The molecule has 0 spiro atoms. The summed E-state index contributed by atoms with van der Waals surface area (Å²) in [5.41, 5.74) is 1.22. The fourth-order valence-corrected chi connectivity index (χ4v) is 4.28. The second-order valence-electron chi connectivity index (χ2n) is 7.51. The van der Waals surface area contributed by atoms with Gasteiger partial charge in [-0.25, -0.2) is 18.1 Å². The van der Waals surface area contributed by atoms with E-state index in [9.17, 15) is 13.5 Å². The molecule has 1 heterocycles. The van der Waals surface area contributed by atoms with E-state index in [0.29, 0.717) is 40.0 Å². The number of anilines is 3. The first kappa shape index (κ1) is 24.5. The SMILES string of the molecule is CC[C@H](CO)Nc1nc(Nc2ccc(C)c(S(=O)(=O)NCCC(C)C)c2)ncc1Br. The van der Waals surface area contributed by atoms with Crippen LogP contribution in [0.5, 0.6) is 0 Å². The smallest absolute Gasteiger partial charge is 0.240 e. The molecule has 10 heteroatoms. The molecule has 0 aliphatic carbocycles. The Morgan fingerprint density at radius 2 is 2.00 bits per heavy atom. The van der Waals surface area contributed by atoms with Gasteiger partial charge in [-0.2, -0.15) is 4.98 Å². The lowest BCUT2D eigenvalue weighted by molar-refractivity contribution is 0.271. The molecule has 0 radical (unpaired) electrons. The second-order valence-corrected chi connectivity index (χ2v) is 10.1. The van der Waals surface area contributed by atoms with Crippen LogP contribution in [0.2, 0.25) is 0 Å². The Morgan fingerprint density at radius 3 is 2.63 bits per heavy atom. The molecule has 2 rings (SSSR count). The molecule has 1 atom stereocenters. The number of nitrogens with one attached hydrogen (secondary N) is 3. The van der Waals surface area contributed by atoms with Crippen LogP contribution in [0.1, 0.15) is 39.2 Å². The standard InChI is InChI=1S/C20H30BrN5O3S/c1-5-15(12-27)24-19-17(21)11-22-20(26-19)25-16-7-6-14(4)18(10-16)30(28,29)23-9-8-13(2)3/h6-7,10-11,13,15,23,27H,5,8-9,12H2,1-4H3,(H2,22,24,25,26)/t15-/m1/s1. The van der Waals surface area contributed by atoms with Crippen molar-refractivity contribution in [1.82, 2.24) is 14.7 Å². The van der Waals surface area contributed by atoms with Crippen molar-refractivity contribution in [2.45, 2.75) is 51.5 Å². The number of halogens is 1. The Labute approximate surface area is 187 Å². The molecule has 0 aliphatic rings. The molecule has 1 aromatic heterocycles. The maximum absolute atomic E-state index is 12.7. The number of hydrogen-bond acceptors (Lipinski definition) is 7. The molecule has 4 N–H and O–H groups in total. The highest BCUT2D eigenvalue weighted by molar-refractivity contribution is 9.10. The van der Waals surface area contributed by atoms with Crippen molar-refractivity contribution in [1.29, 1.82) is 0 Å². The fraction of sp³-hybridized carbons (Fsp3) is 0.500. The van der Waals surface area contributed by atoms with Gasteiger partial charge < -0.3 is 15.7 Å². The summed E-state index contributed by atoms with van der Waals surface area (Å²) in [7, 11) is -3.62. The zero-order valence-electron chi connectivity index (χ0n) is 17.7. The third-order valence-corrected chi connectivity index (χ3v) is 6.73. The molecule has 0 aliphatic heterocycles. The van der Waals surface area contributed by atoms with Crippen molar-refractivity contribution in [3.63, 3.8) is 0 Å². The number of aliphatic hydroxyl groups is 1. The van der Waals surface area contributed by atoms with Gasteiger partial charge in [-0.05, 0) is 59.3 Å². The summed E-state index contributed by atoms with van der Waals surface area (Å²) < 4.78 is 28.8. The van der Waals surface area contributed by atoms with E-state index in [-0.39, 0.29) is 17.5 Å². The first-order chi connectivity index (χ1) is 14.2. The summed E-state index contributed by atoms with van der Waals surface area (Å²) in [5.74, 6) is 1.27. The average Bonchev–Trinajstić information content (AvgIpc) is 2.69. The van der Waals surface area contributed by atoms with E-state index in [0.717, 1.165) is 12.8 Å². The third kappa shape index (κ3) is 6.90. The Kier molecular flexibility index (Phi) is 9.02. The lowest BCUT2D eigenvalue weighted by Crippen LogP contribution is -2.26. The van der Waals surface area contributed by atoms with Gasteiger partial charge >= 0.3 is 0 Å². The summed E-state index contributed by atoms with van der Waals surface area (Å²) in [5, 5.41) is 15.6. The summed E-state index contributed by atoms with van der Waals surface area (Å²) in [6, 6.07) is 4.98. The number of rotatable bonds is 11. The molecule has 0 bridgehead atoms. The second kappa shape index (κ2) is 11.0. The normalized spacial score (nSPS) is 12.8. The number of benzene rings is 1. The minimum atomic E-state index is -3.62. The molecule has 0 fully saturated rings. The van der Waals surface area contributed by atoms with Gasteiger partial charge in [0.05, 0.1) is 22.0 Å². The van der Waals surface area contributed by atoms with Crippen LogP contribution < -0.4 is 15.4 Å². The Hall–Kier alpha value is -1.75. The molecule has 0 amide bonds. The van der Waals surface area contributed by atoms with Crippen molar-refractivity contribution in [3.05, 3.63) is 34.4 Å². The summed E-state index contributed by atoms with van der Waals surface area (Å²) in [6.07, 6.45) is 3.10. The number of aryl methyl sites for hydroxylation is 1. The van der Waals surface area contributed by atoms with Gasteiger partial charge in [0.1, 0.15) is 5.82 Å². The Bertz CT molecular complexity index is 949. The number of hydrogen-bond donors (Lipinski definition) is 4. The van der Waals surface area contributed by atoms with Crippen molar-refractivity contribution in [2.75, 3.05) is 23.8 Å². The van der Waals surface area contributed by atoms with E-state index in [1.54, 1.807) is 31.3 Å².